The molecule has 0 aliphatic carbocycles. The van der Waals surface area contributed by atoms with Crippen molar-refractivity contribution >= 4 is 0 Å². The molecule has 0 fully saturated rings. The molecule has 0 saturated heterocycles. The van der Waals surface area contributed by atoms with Crippen molar-refractivity contribution in [1.29, 1.82) is 0 Å². The molecule has 0 radical (unpaired) electrons. The quantitative estimate of drug-likeness (QED) is 0.570. The van der Waals surface area contributed by atoms with Gasteiger partial charge in [0.1, 0.15) is 0 Å². The maximum atomic E-state index is 5.53. The zero-order valence-electron chi connectivity index (χ0n) is 8.31. The fraction of sp³-hybridized carbons (Fsp3) is 0.455. The second-order valence-corrected chi connectivity index (χ2v) is 3.34. The average Bonchev–Trinajstić information content (AvgIpc) is 1.84. The lowest BCUT2D eigenvalue weighted by Gasteiger charge is -2.17. The molecule has 1 heteroatoms. The molecule has 0 atom stereocenters. The predicted octanol–water partition coefficient (Wildman–Crippen LogP) is 3.10. The van der Waals surface area contributed by atoms with Gasteiger partial charge in [0.25, 0.3) is 0 Å². The molecule has 0 unspecified atom stereocenters. The molecule has 0 saturated carbocycles. The predicted molar refractivity (Wildman–Crippen MR) is 54.2 cm³/mol. The van der Waals surface area contributed by atoms with Gasteiger partial charge in [-0.3, -0.25) is 0 Å². The fourth-order valence-corrected chi connectivity index (χ4v) is 0.931. The van der Waals surface area contributed by atoms with Crippen molar-refractivity contribution in [3.8, 4) is 0 Å². The van der Waals surface area contributed by atoms with Crippen LogP contribution in [0.3, 0.4) is 0 Å². The first-order valence-electron chi connectivity index (χ1n) is 4.02. The van der Waals surface area contributed by atoms with E-state index in [0.29, 0.717) is 6.61 Å². The van der Waals surface area contributed by atoms with Gasteiger partial charge in [-0.2, -0.15) is 0 Å². The summed E-state index contributed by atoms with van der Waals surface area (Å²) in [6.07, 6.45) is -0.0262. The minimum absolute atomic E-state index is 0.0262. The molecule has 0 bridgehead atoms. The van der Waals surface area contributed by atoms with Gasteiger partial charge >= 0.3 is 0 Å². The lowest BCUT2D eigenvalue weighted by atomic mass is 10.1. The van der Waals surface area contributed by atoms with Crippen LogP contribution in [0.5, 0.6) is 0 Å². The summed E-state index contributed by atoms with van der Waals surface area (Å²) in [5.74, 6) is 0. The Bertz CT molecular complexity index is 187. The van der Waals surface area contributed by atoms with Gasteiger partial charge in [-0.1, -0.05) is 25.3 Å². The number of hydrogen-bond acceptors (Lipinski definition) is 1. The summed E-state index contributed by atoms with van der Waals surface area (Å²) in [6.45, 7) is 17.8. The van der Waals surface area contributed by atoms with Gasteiger partial charge in [0.15, 0.2) is 0 Å². The van der Waals surface area contributed by atoms with Crippen LogP contribution in [-0.4, -0.2) is 12.7 Å². The van der Waals surface area contributed by atoms with Crippen molar-refractivity contribution < 1.29 is 4.74 Å². The molecule has 0 spiro atoms. The second kappa shape index (κ2) is 4.94. The standard InChI is InChI=1S/C11H18O/c1-8(2)7-12-11(9(3)4)10(5)6/h11H,1,3,5,7H2,2,4,6H3. The molecular weight excluding hydrogens is 148 g/mol. The van der Waals surface area contributed by atoms with E-state index in [1.807, 2.05) is 20.8 Å². The second-order valence-electron chi connectivity index (χ2n) is 3.34. The molecule has 0 aromatic heterocycles. The smallest absolute Gasteiger partial charge is 0.0989 e. The molecule has 0 aliphatic heterocycles. The van der Waals surface area contributed by atoms with Gasteiger partial charge in [-0.25, -0.2) is 0 Å². The fourth-order valence-electron chi connectivity index (χ4n) is 0.931. The number of ether oxygens (including phenoxy) is 1. The normalized spacial score (nSPS) is 10.0. The van der Waals surface area contributed by atoms with Crippen LogP contribution in [0.25, 0.3) is 0 Å². The summed E-state index contributed by atoms with van der Waals surface area (Å²) in [6, 6.07) is 0. The highest BCUT2D eigenvalue weighted by Crippen LogP contribution is 2.12. The maximum absolute atomic E-state index is 5.53. The monoisotopic (exact) mass is 166 g/mol. The van der Waals surface area contributed by atoms with Crippen LogP contribution in [0, 0.1) is 0 Å². The van der Waals surface area contributed by atoms with E-state index in [1.54, 1.807) is 0 Å². The van der Waals surface area contributed by atoms with Gasteiger partial charge in [-0.15, -0.1) is 0 Å². The lowest BCUT2D eigenvalue weighted by Crippen LogP contribution is -2.15. The first kappa shape index (κ1) is 11.2. The van der Waals surface area contributed by atoms with Crippen molar-refractivity contribution in [1.82, 2.24) is 0 Å². The molecule has 0 N–H and O–H groups in total. The van der Waals surface area contributed by atoms with Crippen LogP contribution in [0.4, 0.5) is 0 Å². The van der Waals surface area contributed by atoms with Crippen LogP contribution in [0.15, 0.2) is 36.5 Å². The van der Waals surface area contributed by atoms with E-state index in [9.17, 15) is 0 Å². The van der Waals surface area contributed by atoms with Crippen molar-refractivity contribution in [2.24, 2.45) is 0 Å². The van der Waals surface area contributed by atoms with E-state index in [4.69, 9.17) is 4.74 Å². The highest BCUT2D eigenvalue weighted by Gasteiger charge is 2.09. The van der Waals surface area contributed by atoms with Crippen molar-refractivity contribution in [3.63, 3.8) is 0 Å². The Labute approximate surface area is 75.4 Å². The van der Waals surface area contributed by atoms with E-state index in [-0.39, 0.29) is 6.10 Å². The molecule has 0 aliphatic rings. The minimum atomic E-state index is -0.0262. The SMILES string of the molecule is C=C(C)COC(C(=C)C)C(=C)C. The Morgan fingerprint density at radius 3 is 1.75 bits per heavy atom. The largest absolute Gasteiger partial charge is 0.365 e. The van der Waals surface area contributed by atoms with E-state index in [2.05, 4.69) is 19.7 Å². The van der Waals surface area contributed by atoms with E-state index in [1.165, 1.54) is 0 Å². The van der Waals surface area contributed by atoms with Gasteiger partial charge in [-0.05, 0) is 31.9 Å². The summed E-state index contributed by atoms with van der Waals surface area (Å²) in [7, 11) is 0. The first-order valence-corrected chi connectivity index (χ1v) is 4.02. The Kier molecular flexibility index (Phi) is 4.60. The van der Waals surface area contributed by atoms with Crippen LogP contribution in [0.1, 0.15) is 20.8 Å². The van der Waals surface area contributed by atoms with Crippen molar-refractivity contribution in [2.45, 2.75) is 26.9 Å². The third-order valence-electron chi connectivity index (χ3n) is 1.39. The molecule has 68 valence electrons. The van der Waals surface area contributed by atoms with Gasteiger partial charge < -0.3 is 4.74 Å². The molecule has 1 nitrogen and oxygen atoms in total. The van der Waals surface area contributed by atoms with Crippen LogP contribution < -0.4 is 0 Å². The van der Waals surface area contributed by atoms with Gasteiger partial charge in [0.05, 0.1) is 12.7 Å². The third kappa shape index (κ3) is 4.14. The van der Waals surface area contributed by atoms with Crippen molar-refractivity contribution in [3.05, 3.63) is 36.5 Å². The summed E-state index contributed by atoms with van der Waals surface area (Å²) in [5.41, 5.74) is 3.00. The summed E-state index contributed by atoms with van der Waals surface area (Å²) in [4.78, 5) is 0. The molecule has 0 heterocycles. The molecule has 0 rings (SSSR count). The van der Waals surface area contributed by atoms with Gasteiger partial charge in [0.2, 0.25) is 0 Å². The first-order chi connectivity index (χ1) is 5.45. The molecule has 0 amide bonds. The van der Waals surface area contributed by atoms with E-state index in [0.717, 1.165) is 16.7 Å². The minimum Gasteiger partial charge on any atom is -0.365 e. The number of rotatable bonds is 5. The highest BCUT2D eigenvalue weighted by atomic mass is 16.5. The Hall–Kier alpha value is -0.820. The molecule has 0 aromatic rings. The van der Waals surface area contributed by atoms with E-state index < -0.39 is 0 Å². The summed E-state index contributed by atoms with van der Waals surface area (Å²) in [5, 5.41) is 0. The Morgan fingerprint density at radius 2 is 1.50 bits per heavy atom. The van der Waals surface area contributed by atoms with Crippen LogP contribution in [0.2, 0.25) is 0 Å². The average molecular weight is 166 g/mol. The number of hydrogen-bond donors (Lipinski definition) is 0. The maximum Gasteiger partial charge on any atom is 0.0989 e. The molecular formula is C11H18O. The molecule has 0 aromatic carbocycles. The zero-order chi connectivity index (χ0) is 9.72. The third-order valence-corrected chi connectivity index (χ3v) is 1.39. The molecule has 12 heavy (non-hydrogen) atoms. The zero-order valence-corrected chi connectivity index (χ0v) is 8.31. The van der Waals surface area contributed by atoms with Gasteiger partial charge in [0, 0.05) is 0 Å². The lowest BCUT2D eigenvalue weighted by molar-refractivity contribution is 0.121. The summed E-state index contributed by atoms with van der Waals surface area (Å²) >= 11 is 0. The Balaban J connectivity index is 4.06. The van der Waals surface area contributed by atoms with Crippen molar-refractivity contribution in [2.75, 3.05) is 6.61 Å². The topological polar surface area (TPSA) is 9.23 Å². The Morgan fingerprint density at radius 1 is 1.08 bits per heavy atom. The van der Waals surface area contributed by atoms with Crippen LogP contribution >= 0.6 is 0 Å². The van der Waals surface area contributed by atoms with Crippen LogP contribution in [-0.2, 0) is 4.74 Å². The highest BCUT2D eigenvalue weighted by molar-refractivity contribution is 5.15. The van der Waals surface area contributed by atoms with E-state index >= 15 is 0 Å². The summed E-state index contributed by atoms with van der Waals surface area (Å²) < 4.78 is 5.53.